The number of allylic oxidation sites excluding steroid dienone is 14. The normalized spacial score (nSPS) is 12.7. The first-order chi connectivity index (χ1) is 31.0. The van der Waals surface area contributed by atoms with Crippen LogP contribution in [0.25, 0.3) is 0 Å². The highest BCUT2D eigenvalue weighted by molar-refractivity contribution is 5.71. The summed E-state index contributed by atoms with van der Waals surface area (Å²) in [6.45, 7) is 6.38. The molecule has 0 aliphatic rings. The lowest BCUT2D eigenvalue weighted by Crippen LogP contribution is -2.30. The number of carbonyl (C=O) groups is 3. The minimum Gasteiger partial charge on any atom is -0.462 e. The number of hydrogen-bond donors (Lipinski definition) is 0. The van der Waals surface area contributed by atoms with Crippen LogP contribution in [-0.4, -0.2) is 37.2 Å². The highest BCUT2D eigenvalue weighted by atomic mass is 16.6. The van der Waals surface area contributed by atoms with Gasteiger partial charge < -0.3 is 14.2 Å². The number of carbonyl (C=O) groups excluding carboxylic acids is 3. The Morgan fingerprint density at radius 1 is 0.333 bits per heavy atom. The minimum atomic E-state index is -0.792. The monoisotopic (exact) mass is 877 g/mol. The fourth-order valence-electron chi connectivity index (χ4n) is 7.04. The maximum Gasteiger partial charge on any atom is 0.306 e. The standard InChI is InChI=1S/C57H96O6/c1-4-7-10-13-16-19-22-25-27-28-29-30-31-33-35-38-41-44-47-50-56(59)62-53-54(52-61-55(58)49-46-43-40-37-34-24-21-18-15-12-9-6-3)63-57(60)51-48-45-42-39-36-32-26-23-20-17-14-11-8-5-2/h7-8,10-11,16-17,19-20,25-27,29-30,32,54H,4-6,9,12-15,18,21-24,28,31,33-53H2,1-3H3/b10-7-,11-8-,19-16-,20-17-,27-25-,30-29-,32-26-. The molecule has 0 aromatic rings. The summed E-state index contributed by atoms with van der Waals surface area (Å²) in [4.78, 5) is 38.0. The van der Waals surface area contributed by atoms with E-state index < -0.39 is 6.10 Å². The van der Waals surface area contributed by atoms with Crippen molar-refractivity contribution in [2.45, 2.75) is 245 Å². The first kappa shape index (κ1) is 59.6. The summed E-state index contributed by atoms with van der Waals surface area (Å²) >= 11 is 0. The summed E-state index contributed by atoms with van der Waals surface area (Å²) in [7, 11) is 0. The van der Waals surface area contributed by atoms with Gasteiger partial charge in [-0.05, 0) is 89.9 Å². The second-order valence-corrected chi connectivity index (χ2v) is 17.0. The molecule has 0 fully saturated rings. The Labute approximate surface area is 388 Å². The van der Waals surface area contributed by atoms with Gasteiger partial charge in [0.1, 0.15) is 13.2 Å². The van der Waals surface area contributed by atoms with Crippen LogP contribution in [0.15, 0.2) is 85.1 Å². The van der Waals surface area contributed by atoms with Crippen LogP contribution in [0.4, 0.5) is 0 Å². The summed E-state index contributed by atoms with van der Waals surface area (Å²) in [5.41, 5.74) is 0. The zero-order valence-corrected chi connectivity index (χ0v) is 41.1. The molecule has 63 heavy (non-hydrogen) atoms. The molecule has 1 atom stereocenters. The van der Waals surface area contributed by atoms with E-state index in [-0.39, 0.29) is 31.1 Å². The van der Waals surface area contributed by atoms with Crippen molar-refractivity contribution in [3.8, 4) is 0 Å². The van der Waals surface area contributed by atoms with Gasteiger partial charge in [-0.25, -0.2) is 0 Å². The van der Waals surface area contributed by atoms with Gasteiger partial charge in [-0.2, -0.15) is 0 Å². The van der Waals surface area contributed by atoms with Crippen molar-refractivity contribution in [2.75, 3.05) is 13.2 Å². The van der Waals surface area contributed by atoms with Gasteiger partial charge in [0, 0.05) is 19.3 Å². The Kier molecular flexibility index (Phi) is 48.5. The van der Waals surface area contributed by atoms with Crippen LogP contribution < -0.4 is 0 Å². The molecule has 1 unspecified atom stereocenters. The highest BCUT2D eigenvalue weighted by Gasteiger charge is 2.19. The number of hydrogen-bond acceptors (Lipinski definition) is 6. The van der Waals surface area contributed by atoms with Crippen molar-refractivity contribution in [1.82, 2.24) is 0 Å². The molecule has 0 N–H and O–H groups in total. The van der Waals surface area contributed by atoms with Gasteiger partial charge in [-0.3, -0.25) is 14.4 Å². The smallest absolute Gasteiger partial charge is 0.306 e. The lowest BCUT2D eigenvalue weighted by molar-refractivity contribution is -0.167. The molecule has 0 aromatic carbocycles. The molecule has 0 heterocycles. The molecule has 0 aliphatic heterocycles. The minimum absolute atomic E-state index is 0.0893. The predicted molar refractivity (Wildman–Crippen MR) is 270 cm³/mol. The van der Waals surface area contributed by atoms with E-state index >= 15 is 0 Å². The van der Waals surface area contributed by atoms with E-state index in [1.165, 1.54) is 70.6 Å². The number of ether oxygens (including phenoxy) is 3. The zero-order valence-electron chi connectivity index (χ0n) is 41.1. The van der Waals surface area contributed by atoms with Crippen LogP contribution >= 0.6 is 0 Å². The van der Waals surface area contributed by atoms with E-state index in [0.29, 0.717) is 19.3 Å². The van der Waals surface area contributed by atoms with Crippen LogP contribution in [-0.2, 0) is 28.6 Å². The average Bonchev–Trinajstić information content (AvgIpc) is 3.28. The topological polar surface area (TPSA) is 78.9 Å². The van der Waals surface area contributed by atoms with Crippen LogP contribution in [0.1, 0.15) is 239 Å². The molecule has 0 amide bonds. The number of unbranched alkanes of at least 4 members (excludes halogenated alkanes) is 21. The van der Waals surface area contributed by atoms with Crippen molar-refractivity contribution in [3.63, 3.8) is 0 Å². The SMILES string of the molecule is CC/C=C\C/C=C\C/C=C\C/C=C\CCCCCCCCC(=O)OCC(COC(=O)CCCCCCCCCCCCCC)OC(=O)CCCCCC/C=C\C/C=C\C/C=C\CC. The first-order valence-corrected chi connectivity index (χ1v) is 26.1. The van der Waals surface area contributed by atoms with Gasteiger partial charge in [0.2, 0.25) is 0 Å². The molecule has 0 spiro atoms. The predicted octanol–water partition coefficient (Wildman–Crippen LogP) is 17.2. The van der Waals surface area contributed by atoms with E-state index in [1.807, 2.05) is 0 Å². The fourth-order valence-corrected chi connectivity index (χ4v) is 7.04. The molecule has 0 rings (SSSR count). The molecular formula is C57H96O6. The molecule has 0 aliphatic carbocycles. The summed E-state index contributed by atoms with van der Waals surface area (Å²) in [5.74, 6) is -0.926. The van der Waals surface area contributed by atoms with Gasteiger partial charge in [0.05, 0.1) is 0 Å². The Bertz CT molecular complexity index is 1240. The van der Waals surface area contributed by atoms with Crippen LogP contribution in [0, 0.1) is 0 Å². The van der Waals surface area contributed by atoms with Gasteiger partial charge in [0.25, 0.3) is 0 Å². The summed E-state index contributed by atoms with van der Waals surface area (Å²) in [5, 5.41) is 0. The third kappa shape index (κ3) is 49.5. The second-order valence-electron chi connectivity index (χ2n) is 17.0. The van der Waals surface area contributed by atoms with Gasteiger partial charge in [0.15, 0.2) is 6.10 Å². The summed E-state index contributed by atoms with van der Waals surface area (Å²) < 4.78 is 16.8. The maximum absolute atomic E-state index is 12.8. The lowest BCUT2D eigenvalue weighted by Gasteiger charge is -2.18. The summed E-state index contributed by atoms with van der Waals surface area (Å²) in [6.07, 6.45) is 65.6. The Morgan fingerprint density at radius 2 is 0.619 bits per heavy atom. The van der Waals surface area contributed by atoms with E-state index in [0.717, 1.165) is 128 Å². The molecule has 0 bridgehead atoms. The molecule has 0 saturated carbocycles. The van der Waals surface area contributed by atoms with E-state index in [2.05, 4.69) is 106 Å². The van der Waals surface area contributed by atoms with Crippen LogP contribution in [0.3, 0.4) is 0 Å². The van der Waals surface area contributed by atoms with Crippen molar-refractivity contribution < 1.29 is 28.6 Å². The van der Waals surface area contributed by atoms with Gasteiger partial charge >= 0.3 is 17.9 Å². The van der Waals surface area contributed by atoms with E-state index in [4.69, 9.17) is 14.2 Å². The molecule has 6 heteroatoms. The van der Waals surface area contributed by atoms with E-state index in [9.17, 15) is 14.4 Å². The molecule has 6 nitrogen and oxygen atoms in total. The number of rotatable bonds is 46. The molecule has 0 saturated heterocycles. The van der Waals surface area contributed by atoms with Crippen LogP contribution in [0.5, 0.6) is 0 Å². The highest BCUT2D eigenvalue weighted by Crippen LogP contribution is 2.14. The Morgan fingerprint density at radius 3 is 0.968 bits per heavy atom. The van der Waals surface area contributed by atoms with Crippen molar-refractivity contribution in [2.24, 2.45) is 0 Å². The molecule has 0 aromatic heterocycles. The van der Waals surface area contributed by atoms with Crippen molar-refractivity contribution >= 4 is 17.9 Å². The second kappa shape index (κ2) is 51.2. The van der Waals surface area contributed by atoms with Crippen molar-refractivity contribution in [3.05, 3.63) is 85.1 Å². The van der Waals surface area contributed by atoms with Gasteiger partial charge in [-0.15, -0.1) is 0 Å². The zero-order chi connectivity index (χ0) is 45.8. The first-order valence-electron chi connectivity index (χ1n) is 26.1. The largest absolute Gasteiger partial charge is 0.462 e. The molecular weight excluding hydrogens is 781 g/mol. The third-order valence-electron chi connectivity index (χ3n) is 10.9. The fraction of sp³-hybridized carbons (Fsp3) is 0.702. The van der Waals surface area contributed by atoms with E-state index in [1.54, 1.807) is 0 Å². The molecule has 0 radical (unpaired) electrons. The average molecular weight is 877 g/mol. The van der Waals surface area contributed by atoms with Crippen LogP contribution in [0.2, 0.25) is 0 Å². The third-order valence-corrected chi connectivity index (χ3v) is 10.9. The quantitative estimate of drug-likeness (QED) is 0.0262. The summed E-state index contributed by atoms with van der Waals surface area (Å²) in [6, 6.07) is 0. The molecule has 360 valence electrons. The number of esters is 3. The Hall–Kier alpha value is -3.41. The Balaban J connectivity index is 4.42. The van der Waals surface area contributed by atoms with Gasteiger partial charge in [-0.1, -0.05) is 215 Å². The maximum atomic E-state index is 12.8. The lowest BCUT2D eigenvalue weighted by atomic mass is 10.0. The van der Waals surface area contributed by atoms with Crippen molar-refractivity contribution in [1.29, 1.82) is 0 Å².